The summed E-state index contributed by atoms with van der Waals surface area (Å²) in [5.74, 6) is 2.06. The number of ether oxygens (including phenoxy) is 1. The van der Waals surface area contributed by atoms with Gasteiger partial charge < -0.3 is 15.4 Å². The van der Waals surface area contributed by atoms with Gasteiger partial charge in [0.15, 0.2) is 0 Å². The second-order valence-electron chi connectivity index (χ2n) is 3.97. The van der Waals surface area contributed by atoms with Crippen molar-refractivity contribution >= 4 is 11.6 Å². The quantitative estimate of drug-likeness (QED) is 0.886. The van der Waals surface area contributed by atoms with Crippen LogP contribution in [0.25, 0.3) is 0 Å². The van der Waals surface area contributed by atoms with E-state index in [4.69, 9.17) is 10.5 Å². The third-order valence-electron chi connectivity index (χ3n) is 2.65. The lowest BCUT2D eigenvalue weighted by molar-refractivity contribution is 0.409. The third-order valence-corrected chi connectivity index (χ3v) is 2.65. The zero-order chi connectivity index (χ0) is 13.0. The summed E-state index contributed by atoms with van der Waals surface area (Å²) in [4.78, 5) is 10.2. The van der Waals surface area contributed by atoms with Gasteiger partial charge in [-0.15, -0.1) is 0 Å². The highest BCUT2D eigenvalue weighted by Crippen LogP contribution is 2.20. The molecule has 18 heavy (non-hydrogen) atoms. The summed E-state index contributed by atoms with van der Waals surface area (Å²) in [6.45, 7) is 0.697. The summed E-state index contributed by atoms with van der Waals surface area (Å²) in [7, 11) is 3.62. The van der Waals surface area contributed by atoms with Crippen molar-refractivity contribution in [3.8, 4) is 5.75 Å². The maximum absolute atomic E-state index is 5.51. The third kappa shape index (κ3) is 2.68. The van der Waals surface area contributed by atoms with Crippen LogP contribution in [0.3, 0.4) is 0 Å². The molecule has 5 heteroatoms. The second kappa shape index (κ2) is 5.35. The van der Waals surface area contributed by atoms with Gasteiger partial charge in [0.1, 0.15) is 17.4 Å². The number of para-hydroxylation sites is 1. The van der Waals surface area contributed by atoms with E-state index >= 15 is 0 Å². The zero-order valence-electron chi connectivity index (χ0n) is 10.5. The molecule has 1 aromatic heterocycles. The first-order valence-electron chi connectivity index (χ1n) is 5.61. The molecule has 0 spiro atoms. The Hall–Kier alpha value is -2.30. The van der Waals surface area contributed by atoms with Crippen LogP contribution in [0, 0.1) is 0 Å². The van der Waals surface area contributed by atoms with Gasteiger partial charge in [0.2, 0.25) is 0 Å². The highest BCUT2D eigenvalue weighted by atomic mass is 16.5. The van der Waals surface area contributed by atoms with Crippen LogP contribution >= 0.6 is 0 Å². The first-order chi connectivity index (χ1) is 8.70. The topological polar surface area (TPSA) is 64.3 Å². The predicted molar refractivity (Wildman–Crippen MR) is 71.5 cm³/mol. The summed E-state index contributed by atoms with van der Waals surface area (Å²) in [5, 5.41) is 0. The number of nitrogen functional groups attached to an aromatic ring is 1. The van der Waals surface area contributed by atoms with Gasteiger partial charge in [-0.3, -0.25) is 0 Å². The molecule has 1 heterocycles. The molecule has 0 aliphatic heterocycles. The van der Waals surface area contributed by atoms with E-state index in [0.717, 1.165) is 17.1 Å². The molecule has 0 bridgehead atoms. The Labute approximate surface area is 106 Å². The normalized spacial score (nSPS) is 10.1. The number of hydrogen-bond acceptors (Lipinski definition) is 5. The van der Waals surface area contributed by atoms with E-state index in [0.29, 0.717) is 12.4 Å². The SMILES string of the molecule is COc1ccccc1CN(C)c1cnc(N)cn1. The molecule has 0 saturated carbocycles. The number of nitrogens with two attached hydrogens (primary N) is 1. The summed E-state index contributed by atoms with van der Waals surface area (Å²) in [6, 6.07) is 7.91. The van der Waals surface area contributed by atoms with Crippen molar-refractivity contribution < 1.29 is 4.74 Å². The minimum atomic E-state index is 0.421. The smallest absolute Gasteiger partial charge is 0.147 e. The number of benzene rings is 1. The number of rotatable bonds is 4. The van der Waals surface area contributed by atoms with E-state index in [1.165, 1.54) is 0 Å². The fourth-order valence-electron chi connectivity index (χ4n) is 1.70. The van der Waals surface area contributed by atoms with Gasteiger partial charge in [-0.1, -0.05) is 18.2 Å². The summed E-state index contributed by atoms with van der Waals surface area (Å²) < 4.78 is 5.32. The number of aromatic nitrogens is 2. The molecule has 0 aliphatic rings. The maximum atomic E-state index is 5.51. The highest BCUT2D eigenvalue weighted by Gasteiger charge is 2.07. The fourth-order valence-corrected chi connectivity index (χ4v) is 1.70. The van der Waals surface area contributed by atoms with Gasteiger partial charge in [0.25, 0.3) is 0 Å². The average molecular weight is 244 g/mol. The van der Waals surface area contributed by atoms with Crippen LogP contribution in [0.4, 0.5) is 11.6 Å². The Kier molecular flexibility index (Phi) is 3.62. The minimum absolute atomic E-state index is 0.421. The number of methoxy groups -OCH3 is 1. The van der Waals surface area contributed by atoms with Crippen LogP contribution in [0.1, 0.15) is 5.56 Å². The molecule has 2 N–H and O–H groups in total. The predicted octanol–water partition coefficient (Wildman–Crippen LogP) is 1.70. The van der Waals surface area contributed by atoms with Crippen molar-refractivity contribution in [1.29, 1.82) is 0 Å². The minimum Gasteiger partial charge on any atom is -0.496 e. The monoisotopic (exact) mass is 244 g/mol. The van der Waals surface area contributed by atoms with Crippen molar-refractivity contribution in [2.75, 3.05) is 24.8 Å². The standard InChI is InChI=1S/C13H16N4O/c1-17(13-8-15-12(14)7-16-13)9-10-5-3-4-6-11(10)18-2/h3-8H,9H2,1-2H3,(H2,14,15). The molecule has 1 aromatic carbocycles. The Balaban J connectivity index is 2.15. The van der Waals surface area contributed by atoms with Crippen molar-refractivity contribution in [2.45, 2.75) is 6.54 Å². The molecule has 2 aromatic rings. The molecule has 0 saturated heterocycles. The van der Waals surface area contributed by atoms with Gasteiger partial charge in [-0.2, -0.15) is 0 Å². The van der Waals surface area contributed by atoms with Gasteiger partial charge in [-0.25, -0.2) is 9.97 Å². The lowest BCUT2D eigenvalue weighted by Crippen LogP contribution is -2.18. The Morgan fingerprint density at radius 3 is 2.67 bits per heavy atom. The fraction of sp³-hybridized carbons (Fsp3) is 0.231. The van der Waals surface area contributed by atoms with Crippen LogP contribution < -0.4 is 15.4 Å². The first kappa shape index (κ1) is 12.2. The van der Waals surface area contributed by atoms with Crippen molar-refractivity contribution in [2.24, 2.45) is 0 Å². The van der Waals surface area contributed by atoms with Crippen molar-refractivity contribution in [1.82, 2.24) is 9.97 Å². The van der Waals surface area contributed by atoms with Crippen molar-refractivity contribution in [3.63, 3.8) is 0 Å². The summed E-state index contributed by atoms with van der Waals surface area (Å²) in [5.41, 5.74) is 6.61. The Bertz CT molecular complexity index is 513. The van der Waals surface area contributed by atoms with Gasteiger partial charge in [0, 0.05) is 19.2 Å². The molecule has 2 rings (SSSR count). The van der Waals surface area contributed by atoms with E-state index in [-0.39, 0.29) is 0 Å². The Morgan fingerprint density at radius 2 is 2.00 bits per heavy atom. The van der Waals surface area contributed by atoms with E-state index < -0.39 is 0 Å². The average Bonchev–Trinajstić information content (AvgIpc) is 2.40. The number of nitrogens with zero attached hydrogens (tertiary/aromatic N) is 3. The molecule has 0 amide bonds. The molecule has 0 radical (unpaired) electrons. The van der Waals surface area contributed by atoms with Gasteiger partial charge >= 0.3 is 0 Å². The van der Waals surface area contributed by atoms with Gasteiger partial charge in [0.05, 0.1) is 19.5 Å². The Morgan fingerprint density at radius 1 is 1.22 bits per heavy atom. The lowest BCUT2D eigenvalue weighted by Gasteiger charge is -2.19. The second-order valence-corrected chi connectivity index (χ2v) is 3.97. The molecular formula is C13H16N4O. The highest BCUT2D eigenvalue weighted by molar-refractivity contribution is 5.42. The molecule has 0 aliphatic carbocycles. The summed E-state index contributed by atoms with van der Waals surface area (Å²) >= 11 is 0. The molecule has 5 nitrogen and oxygen atoms in total. The number of hydrogen-bond donors (Lipinski definition) is 1. The zero-order valence-corrected chi connectivity index (χ0v) is 10.5. The maximum Gasteiger partial charge on any atom is 0.147 e. The molecule has 0 unspecified atom stereocenters. The largest absolute Gasteiger partial charge is 0.496 e. The lowest BCUT2D eigenvalue weighted by atomic mass is 10.2. The molecule has 0 fully saturated rings. The number of anilines is 2. The van der Waals surface area contributed by atoms with E-state index in [1.807, 2.05) is 36.2 Å². The van der Waals surface area contributed by atoms with Crippen LogP contribution in [0.2, 0.25) is 0 Å². The molecule has 94 valence electrons. The van der Waals surface area contributed by atoms with Crippen LogP contribution in [-0.2, 0) is 6.54 Å². The van der Waals surface area contributed by atoms with E-state index in [1.54, 1.807) is 19.5 Å². The van der Waals surface area contributed by atoms with Crippen molar-refractivity contribution in [3.05, 3.63) is 42.2 Å². The first-order valence-corrected chi connectivity index (χ1v) is 5.61. The van der Waals surface area contributed by atoms with Crippen LogP contribution in [0.15, 0.2) is 36.7 Å². The molecule has 0 atom stereocenters. The van der Waals surface area contributed by atoms with Crippen LogP contribution in [0.5, 0.6) is 5.75 Å². The summed E-state index contributed by atoms with van der Waals surface area (Å²) in [6.07, 6.45) is 3.21. The van der Waals surface area contributed by atoms with E-state index in [2.05, 4.69) is 9.97 Å². The van der Waals surface area contributed by atoms with Crippen LogP contribution in [-0.4, -0.2) is 24.1 Å². The van der Waals surface area contributed by atoms with E-state index in [9.17, 15) is 0 Å². The van der Waals surface area contributed by atoms with Gasteiger partial charge in [-0.05, 0) is 6.07 Å². The molecular weight excluding hydrogens is 228 g/mol.